The molecule has 1 N–H and O–H groups in total. The summed E-state index contributed by atoms with van der Waals surface area (Å²) in [4.78, 5) is 17.6. The number of carboxylic acids is 1. The second kappa shape index (κ2) is 6.66. The Bertz CT molecular complexity index is 408. The summed E-state index contributed by atoms with van der Waals surface area (Å²) in [6.45, 7) is 3.05. The van der Waals surface area contributed by atoms with E-state index >= 15 is 0 Å². The molecule has 1 aromatic heterocycles. The Hall–Kier alpha value is -1.42. The molecule has 2 rings (SSSR count). The summed E-state index contributed by atoms with van der Waals surface area (Å²) in [7, 11) is 0. The highest BCUT2D eigenvalue weighted by molar-refractivity contribution is 5.73. The zero-order valence-electron chi connectivity index (χ0n) is 11.5. The minimum atomic E-state index is -0.687. The molecule has 1 aliphatic heterocycles. The third kappa shape index (κ3) is 3.32. The van der Waals surface area contributed by atoms with Crippen molar-refractivity contribution in [3.8, 4) is 0 Å². The Morgan fingerprint density at radius 3 is 2.89 bits per heavy atom. The Balaban J connectivity index is 2.19. The third-order valence-electron chi connectivity index (χ3n) is 3.90. The summed E-state index contributed by atoms with van der Waals surface area (Å²) in [6.07, 6.45) is 8.60. The summed E-state index contributed by atoms with van der Waals surface area (Å²) in [5.41, 5.74) is 1.19. The third-order valence-corrected chi connectivity index (χ3v) is 3.90. The molecule has 2 unspecified atom stereocenters. The quantitative estimate of drug-likeness (QED) is 0.856. The number of aliphatic carboxylic acids is 1. The van der Waals surface area contributed by atoms with Crippen molar-refractivity contribution in [2.45, 2.75) is 51.1 Å². The average molecular weight is 262 g/mol. The van der Waals surface area contributed by atoms with Crippen molar-refractivity contribution in [3.05, 3.63) is 30.1 Å². The van der Waals surface area contributed by atoms with Gasteiger partial charge in [0.05, 0.1) is 0 Å². The minimum Gasteiger partial charge on any atom is -0.480 e. The van der Waals surface area contributed by atoms with Crippen LogP contribution in [0.5, 0.6) is 0 Å². The van der Waals surface area contributed by atoms with Gasteiger partial charge in [-0.15, -0.1) is 0 Å². The number of likely N-dealkylation sites (tertiary alicyclic amines) is 1. The van der Waals surface area contributed by atoms with Crippen LogP contribution in [0.2, 0.25) is 0 Å². The highest BCUT2D eigenvalue weighted by Crippen LogP contribution is 2.33. The first-order chi connectivity index (χ1) is 9.24. The van der Waals surface area contributed by atoms with E-state index in [0.29, 0.717) is 0 Å². The maximum Gasteiger partial charge on any atom is 0.320 e. The fourth-order valence-corrected chi connectivity index (χ4v) is 2.93. The normalized spacial score (nSPS) is 21.4. The number of unbranched alkanes of at least 4 members (excludes halogenated alkanes) is 1. The van der Waals surface area contributed by atoms with Gasteiger partial charge in [0.2, 0.25) is 0 Å². The minimum absolute atomic E-state index is 0.214. The zero-order valence-corrected chi connectivity index (χ0v) is 11.5. The molecule has 1 saturated heterocycles. The average Bonchev–Trinajstić information content (AvgIpc) is 2.90. The van der Waals surface area contributed by atoms with E-state index in [4.69, 9.17) is 0 Å². The predicted octanol–water partition coefficient (Wildman–Crippen LogP) is 2.86. The number of hydrogen-bond acceptors (Lipinski definition) is 3. The fourth-order valence-electron chi connectivity index (χ4n) is 2.93. The highest BCUT2D eigenvalue weighted by atomic mass is 16.4. The van der Waals surface area contributed by atoms with Crippen molar-refractivity contribution >= 4 is 5.97 Å². The predicted molar refractivity (Wildman–Crippen MR) is 73.9 cm³/mol. The lowest BCUT2D eigenvalue weighted by molar-refractivity contribution is -0.143. The van der Waals surface area contributed by atoms with Crippen LogP contribution in [0.1, 0.15) is 50.6 Å². The van der Waals surface area contributed by atoms with E-state index in [0.717, 1.165) is 38.6 Å². The number of hydrogen-bond donors (Lipinski definition) is 1. The molecular formula is C15H22N2O2. The maximum absolute atomic E-state index is 11.4. The van der Waals surface area contributed by atoms with Crippen molar-refractivity contribution in [1.29, 1.82) is 0 Å². The maximum atomic E-state index is 11.4. The van der Waals surface area contributed by atoms with Gasteiger partial charge in [-0.05, 0) is 43.5 Å². The van der Waals surface area contributed by atoms with Gasteiger partial charge >= 0.3 is 5.97 Å². The standard InChI is InChI=1S/C15H22N2O2/c1-2-3-5-13(12-7-9-16-10-8-12)17-11-4-6-14(17)15(18)19/h7-10,13-14H,2-6,11H2,1H3,(H,18,19). The lowest BCUT2D eigenvalue weighted by atomic mass is 9.99. The second-order valence-electron chi connectivity index (χ2n) is 5.17. The van der Waals surface area contributed by atoms with Crippen molar-refractivity contribution in [2.24, 2.45) is 0 Å². The summed E-state index contributed by atoms with van der Waals surface area (Å²) >= 11 is 0. The van der Waals surface area contributed by atoms with Crippen molar-refractivity contribution in [1.82, 2.24) is 9.88 Å². The first-order valence-corrected chi connectivity index (χ1v) is 7.12. The molecule has 0 amide bonds. The highest BCUT2D eigenvalue weighted by Gasteiger charge is 2.35. The molecule has 2 heterocycles. The molecule has 2 atom stereocenters. The van der Waals surface area contributed by atoms with Crippen LogP contribution in [-0.4, -0.2) is 33.5 Å². The lowest BCUT2D eigenvalue weighted by Crippen LogP contribution is -2.38. The molecule has 0 bridgehead atoms. The molecule has 1 fully saturated rings. The number of carbonyl (C=O) groups is 1. The first kappa shape index (κ1) is 14.0. The van der Waals surface area contributed by atoms with Crippen molar-refractivity contribution in [3.63, 3.8) is 0 Å². The molecule has 1 aliphatic rings. The summed E-state index contributed by atoms with van der Waals surface area (Å²) in [5.74, 6) is -0.687. The Morgan fingerprint density at radius 2 is 2.26 bits per heavy atom. The first-order valence-electron chi connectivity index (χ1n) is 7.12. The number of pyridine rings is 1. The zero-order chi connectivity index (χ0) is 13.7. The van der Waals surface area contributed by atoms with E-state index in [1.54, 1.807) is 12.4 Å². The van der Waals surface area contributed by atoms with Gasteiger partial charge in [0.1, 0.15) is 6.04 Å². The van der Waals surface area contributed by atoms with E-state index in [-0.39, 0.29) is 12.1 Å². The van der Waals surface area contributed by atoms with Gasteiger partial charge in [-0.25, -0.2) is 0 Å². The van der Waals surface area contributed by atoms with E-state index < -0.39 is 5.97 Å². The van der Waals surface area contributed by atoms with E-state index in [2.05, 4.69) is 16.8 Å². The van der Waals surface area contributed by atoms with Gasteiger partial charge in [0.25, 0.3) is 0 Å². The largest absolute Gasteiger partial charge is 0.480 e. The number of rotatable bonds is 6. The molecule has 0 saturated carbocycles. The Kier molecular flexibility index (Phi) is 4.91. The van der Waals surface area contributed by atoms with Crippen LogP contribution in [0.4, 0.5) is 0 Å². The lowest BCUT2D eigenvalue weighted by Gasteiger charge is -2.31. The van der Waals surface area contributed by atoms with Gasteiger partial charge in [-0.2, -0.15) is 0 Å². The number of aromatic nitrogens is 1. The van der Waals surface area contributed by atoms with Crippen LogP contribution in [0.15, 0.2) is 24.5 Å². The number of nitrogens with zero attached hydrogens (tertiary/aromatic N) is 2. The van der Waals surface area contributed by atoms with E-state index in [1.165, 1.54) is 5.56 Å². The molecule has 4 heteroatoms. The molecule has 0 spiro atoms. The molecule has 0 radical (unpaired) electrons. The molecule has 19 heavy (non-hydrogen) atoms. The Morgan fingerprint density at radius 1 is 1.53 bits per heavy atom. The molecule has 0 aliphatic carbocycles. The van der Waals surface area contributed by atoms with Crippen LogP contribution in [0.25, 0.3) is 0 Å². The SMILES string of the molecule is CCCCC(c1ccncc1)N1CCCC1C(=O)O. The second-order valence-corrected chi connectivity index (χ2v) is 5.17. The summed E-state index contributed by atoms with van der Waals surface area (Å²) in [5, 5.41) is 9.35. The monoisotopic (exact) mass is 262 g/mol. The van der Waals surface area contributed by atoms with Crippen LogP contribution in [0.3, 0.4) is 0 Å². The van der Waals surface area contributed by atoms with Crippen molar-refractivity contribution in [2.75, 3.05) is 6.54 Å². The smallest absolute Gasteiger partial charge is 0.320 e. The van der Waals surface area contributed by atoms with E-state index in [9.17, 15) is 9.90 Å². The van der Waals surface area contributed by atoms with Crippen LogP contribution in [-0.2, 0) is 4.79 Å². The summed E-state index contributed by atoms with van der Waals surface area (Å²) in [6, 6.07) is 3.91. The van der Waals surface area contributed by atoms with Crippen LogP contribution >= 0.6 is 0 Å². The van der Waals surface area contributed by atoms with Gasteiger partial charge in [-0.1, -0.05) is 19.8 Å². The summed E-state index contributed by atoms with van der Waals surface area (Å²) < 4.78 is 0. The molecule has 4 nitrogen and oxygen atoms in total. The van der Waals surface area contributed by atoms with Gasteiger partial charge in [-0.3, -0.25) is 14.7 Å². The van der Waals surface area contributed by atoms with Crippen LogP contribution in [0, 0.1) is 0 Å². The Labute approximate surface area is 114 Å². The van der Waals surface area contributed by atoms with Crippen LogP contribution < -0.4 is 0 Å². The van der Waals surface area contributed by atoms with Gasteiger partial charge < -0.3 is 5.11 Å². The van der Waals surface area contributed by atoms with E-state index in [1.807, 2.05) is 12.1 Å². The fraction of sp³-hybridized carbons (Fsp3) is 0.600. The van der Waals surface area contributed by atoms with Gasteiger partial charge in [0, 0.05) is 18.4 Å². The topological polar surface area (TPSA) is 53.4 Å². The molecule has 0 aromatic carbocycles. The molecule has 104 valence electrons. The molecular weight excluding hydrogens is 240 g/mol. The van der Waals surface area contributed by atoms with Crippen molar-refractivity contribution < 1.29 is 9.90 Å². The number of carboxylic acid groups (broad SMARTS) is 1. The van der Waals surface area contributed by atoms with Gasteiger partial charge in [0.15, 0.2) is 0 Å². The molecule has 1 aromatic rings.